The molecule has 2 aromatic rings. The number of aromatic amines is 1. The number of anilines is 1. The second kappa shape index (κ2) is 6.99. The van der Waals surface area contributed by atoms with Gasteiger partial charge < -0.3 is 19.9 Å². The van der Waals surface area contributed by atoms with Crippen molar-refractivity contribution in [3.05, 3.63) is 23.5 Å². The standard InChI is InChI=1S/C17H22N4O2.ClH/c1-11-8-18-15-14(11)13(17(22)20-9-12-2-3-12)10-19-16(15)21-4-6-23-7-5-21;/h8,10,12,18H,2-7,9H2,1H3,(H,20,22);1H. The SMILES string of the molecule is Cc1c[nH]c2c(N3CCOCC3)ncc(C(=O)NCC3CC3)c12.Cl. The van der Waals surface area contributed by atoms with Crippen LogP contribution in [0.5, 0.6) is 0 Å². The molecule has 2 N–H and O–H groups in total. The average molecular weight is 351 g/mol. The van der Waals surface area contributed by atoms with E-state index in [9.17, 15) is 4.79 Å². The molecule has 4 rings (SSSR count). The maximum atomic E-state index is 12.5. The van der Waals surface area contributed by atoms with E-state index in [1.807, 2.05) is 13.1 Å². The lowest BCUT2D eigenvalue weighted by molar-refractivity contribution is 0.0953. The minimum Gasteiger partial charge on any atom is -0.378 e. The van der Waals surface area contributed by atoms with E-state index in [-0.39, 0.29) is 18.3 Å². The van der Waals surface area contributed by atoms with Crippen LogP contribution in [0, 0.1) is 12.8 Å². The normalized spacial score (nSPS) is 17.6. The van der Waals surface area contributed by atoms with Gasteiger partial charge in [0.25, 0.3) is 5.91 Å². The molecule has 1 amide bonds. The highest BCUT2D eigenvalue weighted by Gasteiger charge is 2.24. The Bertz CT molecular complexity index is 736. The summed E-state index contributed by atoms with van der Waals surface area (Å²) in [4.78, 5) is 22.6. The van der Waals surface area contributed by atoms with Crippen molar-refractivity contribution in [2.75, 3.05) is 37.7 Å². The fourth-order valence-corrected chi connectivity index (χ4v) is 3.14. The number of H-pyrrole nitrogens is 1. The average Bonchev–Trinajstić information content (AvgIpc) is 3.35. The number of fused-ring (bicyclic) bond motifs is 1. The van der Waals surface area contributed by atoms with Crippen molar-refractivity contribution in [2.45, 2.75) is 19.8 Å². The minimum atomic E-state index is -0.0226. The summed E-state index contributed by atoms with van der Waals surface area (Å²) >= 11 is 0. The van der Waals surface area contributed by atoms with Gasteiger partial charge in [-0.25, -0.2) is 4.98 Å². The fourth-order valence-electron chi connectivity index (χ4n) is 3.14. The molecule has 0 radical (unpaired) electrons. The number of hydrogen-bond donors (Lipinski definition) is 2. The molecule has 0 aromatic carbocycles. The van der Waals surface area contributed by atoms with Crippen molar-refractivity contribution in [1.29, 1.82) is 0 Å². The van der Waals surface area contributed by atoms with Gasteiger partial charge in [-0.3, -0.25) is 4.79 Å². The first kappa shape index (κ1) is 17.0. The molecule has 24 heavy (non-hydrogen) atoms. The zero-order valence-corrected chi connectivity index (χ0v) is 14.6. The zero-order chi connectivity index (χ0) is 15.8. The number of nitrogens with one attached hydrogen (secondary N) is 2. The van der Waals surface area contributed by atoms with Crippen molar-refractivity contribution in [2.24, 2.45) is 5.92 Å². The highest BCUT2D eigenvalue weighted by atomic mass is 35.5. The predicted molar refractivity (Wildman–Crippen MR) is 96.2 cm³/mol. The van der Waals surface area contributed by atoms with Crippen molar-refractivity contribution < 1.29 is 9.53 Å². The zero-order valence-electron chi connectivity index (χ0n) is 13.8. The van der Waals surface area contributed by atoms with Gasteiger partial charge in [0.1, 0.15) is 0 Å². The number of hydrogen-bond acceptors (Lipinski definition) is 4. The van der Waals surface area contributed by atoms with E-state index in [1.54, 1.807) is 6.20 Å². The third-order valence-electron chi connectivity index (χ3n) is 4.69. The smallest absolute Gasteiger partial charge is 0.253 e. The van der Waals surface area contributed by atoms with Gasteiger partial charge in [0.05, 0.1) is 24.3 Å². The van der Waals surface area contributed by atoms with Crippen molar-refractivity contribution in [3.63, 3.8) is 0 Å². The van der Waals surface area contributed by atoms with Gasteiger partial charge in [-0.1, -0.05) is 0 Å². The molecule has 1 saturated heterocycles. The number of pyridine rings is 1. The molecule has 1 aliphatic heterocycles. The van der Waals surface area contributed by atoms with E-state index in [0.29, 0.717) is 24.7 Å². The van der Waals surface area contributed by atoms with Crippen LogP contribution in [0.25, 0.3) is 10.9 Å². The summed E-state index contributed by atoms with van der Waals surface area (Å²) in [5.74, 6) is 1.56. The lowest BCUT2D eigenvalue weighted by Gasteiger charge is -2.28. The summed E-state index contributed by atoms with van der Waals surface area (Å²) in [5, 5.41) is 4.02. The molecule has 3 heterocycles. The number of aromatic nitrogens is 2. The molecular formula is C17H23ClN4O2. The van der Waals surface area contributed by atoms with E-state index in [0.717, 1.165) is 41.9 Å². The van der Waals surface area contributed by atoms with Crippen LogP contribution in [0.1, 0.15) is 28.8 Å². The predicted octanol–water partition coefficient (Wildman–Crippen LogP) is 2.27. The van der Waals surface area contributed by atoms with E-state index < -0.39 is 0 Å². The molecule has 6 nitrogen and oxygen atoms in total. The second-order valence-electron chi connectivity index (χ2n) is 6.47. The number of carbonyl (C=O) groups excluding carboxylic acids is 1. The Labute approximate surface area is 147 Å². The van der Waals surface area contributed by atoms with Gasteiger partial charge in [0.2, 0.25) is 0 Å². The van der Waals surface area contributed by atoms with Gasteiger partial charge in [-0.15, -0.1) is 12.4 Å². The number of carbonyl (C=O) groups is 1. The first-order chi connectivity index (χ1) is 11.2. The van der Waals surface area contributed by atoms with Crippen LogP contribution in [0.4, 0.5) is 5.82 Å². The van der Waals surface area contributed by atoms with Crippen molar-refractivity contribution in [3.8, 4) is 0 Å². The number of morpholine rings is 1. The number of nitrogens with zero attached hydrogens (tertiary/aromatic N) is 2. The first-order valence-electron chi connectivity index (χ1n) is 8.31. The van der Waals surface area contributed by atoms with E-state index in [1.165, 1.54) is 12.8 Å². The summed E-state index contributed by atoms with van der Waals surface area (Å²) in [6, 6.07) is 0. The fraction of sp³-hybridized carbons (Fsp3) is 0.529. The van der Waals surface area contributed by atoms with E-state index in [2.05, 4.69) is 20.2 Å². The summed E-state index contributed by atoms with van der Waals surface area (Å²) in [6.45, 7) is 5.88. The molecule has 130 valence electrons. The molecule has 0 unspecified atom stereocenters. The third-order valence-corrected chi connectivity index (χ3v) is 4.69. The quantitative estimate of drug-likeness (QED) is 0.887. The Kier molecular flexibility index (Phi) is 4.96. The van der Waals surface area contributed by atoms with Gasteiger partial charge >= 0.3 is 0 Å². The lowest BCUT2D eigenvalue weighted by Crippen LogP contribution is -2.37. The maximum Gasteiger partial charge on any atom is 0.253 e. The van der Waals surface area contributed by atoms with Crippen molar-refractivity contribution in [1.82, 2.24) is 15.3 Å². The summed E-state index contributed by atoms with van der Waals surface area (Å²) in [7, 11) is 0. The number of halogens is 1. The highest BCUT2D eigenvalue weighted by Crippen LogP contribution is 2.30. The number of aryl methyl sites for hydroxylation is 1. The summed E-state index contributed by atoms with van der Waals surface area (Å²) < 4.78 is 5.42. The van der Waals surface area contributed by atoms with Crippen molar-refractivity contribution >= 4 is 35.0 Å². The van der Waals surface area contributed by atoms with Gasteiger partial charge in [-0.2, -0.15) is 0 Å². The Morgan fingerprint density at radius 1 is 1.42 bits per heavy atom. The summed E-state index contributed by atoms with van der Waals surface area (Å²) in [5.41, 5.74) is 2.69. The molecule has 0 bridgehead atoms. The largest absolute Gasteiger partial charge is 0.378 e. The monoisotopic (exact) mass is 350 g/mol. The Hall–Kier alpha value is -1.79. The molecule has 0 spiro atoms. The van der Waals surface area contributed by atoms with Gasteiger partial charge in [-0.05, 0) is 31.2 Å². The molecule has 1 saturated carbocycles. The number of rotatable bonds is 4. The number of amides is 1. The molecule has 2 aliphatic rings. The third kappa shape index (κ3) is 3.21. The van der Waals surface area contributed by atoms with Gasteiger partial charge in [0, 0.05) is 37.4 Å². The molecule has 0 atom stereocenters. The Morgan fingerprint density at radius 3 is 2.88 bits per heavy atom. The highest BCUT2D eigenvalue weighted by molar-refractivity contribution is 6.09. The number of ether oxygens (including phenoxy) is 1. The first-order valence-corrected chi connectivity index (χ1v) is 8.31. The minimum absolute atomic E-state index is 0. The summed E-state index contributed by atoms with van der Waals surface area (Å²) in [6.07, 6.45) is 6.13. The van der Waals surface area contributed by atoms with Crippen LogP contribution in [0.2, 0.25) is 0 Å². The van der Waals surface area contributed by atoms with Crippen LogP contribution >= 0.6 is 12.4 Å². The lowest BCUT2D eigenvalue weighted by atomic mass is 10.1. The van der Waals surface area contributed by atoms with E-state index >= 15 is 0 Å². The Balaban J connectivity index is 0.00000169. The van der Waals surface area contributed by atoms with Crippen LogP contribution in [0.3, 0.4) is 0 Å². The molecular weight excluding hydrogens is 328 g/mol. The molecule has 2 fully saturated rings. The maximum absolute atomic E-state index is 12.5. The van der Waals surface area contributed by atoms with Gasteiger partial charge in [0.15, 0.2) is 5.82 Å². The van der Waals surface area contributed by atoms with Crippen LogP contribution < -0.4 is 10.2 Å². The van der Waals surface area contributed by atoms with Crippen LogP contribution in [0.15, 0.2) is 12.4 Å². The molecule has 2 aromatic heterocycles. The van der Waals surface area contributed by atoms with Crippen LogP contribution in [-0.4, -0.2) is 48.7 Å². The molecule has 7 heteroatoms. The molecule has 1 aliphatic carbocycles. The van der Waals surface area contributed by atoms with E-state index in [4.69, 9.17) is 4.74 Å². The van der Waals surface area contributed by atoms with Crippen LogP contribution in [-0.2, 0) is 4.74 Å². The Morgan fingerprint density at radius 2 is 2.17 bits per heavy atom. The second-order valence-corrected chi connectivity index (χ2v) is 6.47. The topological polar surface area (TPSA) is 70.2 Å².